The van der Waals surface area contributed by atoms with Crippen LogP contribution in [0.5, 0.6) is 0 Å². The minimum Gasteiger partial charge on any atom is -0.339 e. The number of nitrogens with one attached hydrogen (secondary N) is 2. The van der Waals surface area contributed by atoms with Crippen LogP contribution in [0.25, 0.3) is 0 Å². The van der Waals surface area contributed by atoms with Gasteiger partial charge in [0, 0.05) is 31.1 Å². The molecule has 0 aliphatic heterocycles. The van der Waals surface area contributed by atoms with Gasteiger partial charge in [0.05, 0.1) is 10.6 Å². The molecular weight excluding hydrogens is 386 g/mol. The predicted molar refractivity (Wildman–Crippen MR) is 107 cm³/mol. The third-order valence-electron chi connectivity index (χ3n) is 3.46. The Bertz CT molecular complexity index is 926. The molecule has 2 aromatic carbocycles. The number of carbonyl (C=O) groups is 2. The number of carbonyl (C=O) groups excluding carboxylic acids is 2. The van der Waals surface area contributed by atoms with Crippen molar-refractivity contribution >= 4 is 38.6 Å². The Morgan fingerprint density at radius 1 is 1.04 bits per heavy atom. The van der Waals surface area contributed by atoms with Gasteiger partial charge >= 0.3 is 0 Å². The molecule has 0 saturated carbocycles. The lowest BCUT2D eigenvalue weighted by molar-refractivity contribution is 0.102. The van der Waals surface area contributed by atoms with E-state index in [0.717, 1.165) is 11.8 Å². The van der Waals surface area contributed by atoms with Crippen molar-refractivity contribution in [3.63, 3.8) is 0 Å². The lowest BCUT2D eigenvalue weighted by Gasteiger charge is -2.13. The highest BCUT2D eigenvalue weighted by atomic mass is 32.2. The molecule has 2 N–H and O–H groups in total. The van der Waals surface area contributed by atoms with E-state index in [4.69, 9.17) is 0 Å². The van der Waals surface area contributed by atoms with Crippen molar-refractivity contribution in [2.75, 3.05) is 26.0 Å². The van der Waals surface area contributed by atoms with Crippen LogP contribution in [0.4, 0.5) is 10.5 Å². The average Bonchev–Trinajstić information content (AvgIpc) is 2.63. The lowest BCUT2D eigenvalue weighted by Crippen LogP contribution is -2.23. The van der Waals surface area contributed by atoms with E-state index in [1.807, 2.05) is 0 Å². The largest absolute Gasteiger partial charge is 0.339 e. The van der Waals surface area contributed by atoms with Crippen LogP contribution in [0.1, 0.15) is 17.3 Å². The number of para-hydroxylation sites is 1. The zero-order chi connectivity index (χ0) is 20.0. The number of rotatable bonds is 6. The second-order valence-electron chi connectivity index (χ2n) is 5.74. The van der Waals surface area contributed by atoms with Crippen LogP contribution in [0.15, 0.2) is 58.3 Å². The maximum absolute atomic E-state index is 12.5. The minimum absolute atomic E-state index is 0.0911. The molecule has 2 rings (SSSR count). The van der Waals surface area contributed by atoms with E-state index >= 15 is 0 Å². The fourth-order valence-electron chi connectivity index (χ4n) is 2.10. The van der Waals surface area contributed by atoms with Crippen LogP contribution in [0.2, 0.25) is 0 Å². The van der Waals surface area contributed by atoms with E-state index < -0.39 is 15.9 Å². The molecule has 0 saturated heterocycles. The molecule has 9 heteroatoms. The monoisotopic (exact) mass is 407 g/mol. The predicted octanol–water partition coefficient (Wildman–Crippen LogP) is 3.01. The van der Waals surface area contributed by atoms with Gasteiger partial charge in [-0.25, -0.2) is 13.1 Å². The van der Waals surface area contributed by atoms with Gasteiger partial charge in [-0.2, -0.15) is 0 Å². The van der Waals surface area contributed by atoms with Crippen molar-refractivity contribution in [1.29, 1.82) is 0 Å². The summed E-state index contributed by atoms with van der Waals surface area (Å²) in [5, 5.41) is 2.60. The van der Waals surface area contributed by atoms with E-state index in [-0.39, 0.29) is 16.7 Å². The second kappa shape index (κ2) is 9.03. The topological polar surface area (TPSA) is 95.6 Å². The third-order valence-corrected chi connectivity index (χ3v) is 6.14. The van der Waals surface area contributed by atoms with Gasteiger partial charge in [0.2, 0.25) is 10.0 Å². The first kappa shape index (κ1) is 20.9. The number of anilines is 1. The average molecular weight is 408 g/mol. The highest BCUT2D eigenvalue weighted by Gasteiger charge is 2.16. The number of hydrogen-bond acceptors (Lipinski definition) is 5. The maximum atomic E-state index is 12.5. The van der Waals surface area contributed by atoms with Crippen molar-refractivity contribution in [3.05, 3.63) is 54.1 Å². The van der Waals surface area contributed by atoms with Gasteiger partial charge in [-0.05, 0) is 48.2 Å². The van der Waals surface area contributed by atoms with Crippen molar-refractivity contribution in [1.82, 2.24) is 9.62 Å². The molecule has 0 radical (unpaired) electrons. The van der Waals surface area contributed by atoms with E-state index in [0.29, 0.717) is 16.1 Å². The van der Waals surface area contributed by atoms with Crippen molar-refractivity contribution in [3.8, 4) is 0 Å². The quantitative estimate of drug-likeness (QED) is 0.718. The summed E-state index contributed by atoms with van der Waals surface area (Å²) >= 11 is 1.01. The number of hydrogen-bond donors (Lipinski definition) is 2. The molecule has 27 heavy (non-hydrogen) atoms. The lowest BCUT2D eigenvalue weighted by atomic mass is 10.2. The molecule has 0 atom stereocenters. The smallest absolute Gasteiger partial charge is 0.286 e. The van der Waals surface area contributed by atoms with Gasteiger partial charge in [-0.3, -0.25) is 9.59 Å². The molecule has 0 unspecified atom stereocenters. The van der Waals surface area contributed by atoms with Gasteiger partial charge in [-0.15, -0.1) is 0 Å². The number of thioether (sulfide) groups is 1. The standard InChI is InChI=1S/C18H21N3O4S2/c1-4-19-27(24,25)14-11-9-13(10-12-14)17(22)20-15-7-5-6-8-16(15)26-18(23)21(2)3/h5-12,19H,4H2,1-3H3,(H,20,22). The fraction of sp³-hybridized carbons (Fsp3) is 0.222. The molecule has 0 aromatic heterocycles. The second-order valence-corrected chi connectivity index (χ2v) is 8.50. The summed E-state index contributed by atoms with van der Waals surface area (Å²) in [4.78, 5) is 26.6. The zero-order valence-electron chi connectivity index (χ0n) is 15.2. The molecule has 0 spiro atoms. The molecule has 0 heterocycles. The normalized spacial score (nSPS) is 11.1. The Morgan fingerprint density at radius 3 is 2.26 bits per heavy atom. The molecule has 144 valence electrons. The van der Waals surface area contributed by atoms with E-state index in [1.54, 1.807) is 45.3 Å². The van der Waals surface area contributed by atoms with Crippen LogP contribution in [0.3, 0.4) is 0 Å². The Kier molecular flexibility index (Phi) is 7.00. The van der Waals surface area contributed by atoms with E-state index in [9.17, 15) is 18.0 Å². The summed E-state index contributed by atoms with van der Waals surface area (Å²) in [5.41, 5.74) is 0.816. The van der Waals surface area contributed by atoms with Crippen LogP contribution in [-0.2, 0) is 10.0 Å². The molecule has 0 aliphatic rings. The number of sulfonamides is 1. The summed E-state index contributed by atoms with van der Waals surface area (Å²) < 4.78 is 26.3. The Hall–Kier alpha value is -2.36. The summed E-state index contributed by atoms with van der Waals surface area (Å²) in [6.07, 6.45) is 0. The van der Waals surface area contributed by atoms with Gasteiger partial charge < -0.3 is 10.2 Å². The molecule has 0 bridgehead atoms. The number of benzene rings is 2. The van der Waals surface area contributed by atoms with E-state index in [2.05, 4.69) is 10.0 Å². The molecule has 7 nitrogen and oxygen atoms in total. The zero-order valence-corrected chi connectivity index (χ0v) is 16.9. The van der Waals surface area contributed by atoms with Crippen LogP contribution in [0, 0.1) is 0 Å². The Labute approximate surface area is 163 Å². The molecule has 0 aliphatic carbocycles. The van der Waals surface area contributed by atoms with Gasteiger partial charge in [-0.1, -0.05) is 19.1 Å². The highest BCUT2D eigenvalue weighted by molar-refractivity contribution is 8.13. The first-order valence-electron chi connectivity index (χ1n) is 8.14. The Balaban J connectivity index is 2.17. The summed E-state index contributed by atoms with van der Waals surface area (Å²) in [7, 11) is -0.263. The Morgan fingerprint density at radius 2 is 1.67 bits per heavy atom. The SMILES string of the molecule is CCNS(=O)(=O)c1ccc(C(=O)Nc2ccccc2SC(=O)N(C)C)cc1. The van der Waals surface area contributed by atoms with Crippen LogP contribution < -0.4 is 10.0 Å². The summed E-state index contributed by atoms with van der Waals surface area (Å²) in [6, 6.07) is 12.6. The number of nitrogens with zero attached hydrogens (tertiary/aromatic N) is 1. The van der Waals surface area contributed by atoms with Gasteiger partial charge in [0.15, 0.2) is 0 Å². The summed E-state index contributed by atoms with van der Waals surface area (Å²) in [5.74, 6) is -0.396. The van der Waals surface area contributed by atoms with Crippen molar-refractivity contribution < 1.29 is 18.0 Å². The van der Waals surface area contributed by atoms with Gasteiger partial charge in [0.1, 0.15) is 0 Å². The highest BCUT2D eigenvalue weighted by Crippen LogP contribution is 2.29. The van der Waals surface area contributed by atoms with Crippen LogP contribution >= 0.6 is 11.8 Å². The van der Waals surface area contributed by atoms with Crippen molar-refractivity contribution in [2.45, 2.75) is 16.7 Å². The van der Waals surface area contributed by atoms with E-state index in [1.165, 1.54) is 29.2 Å². The molecular formula is C18H21N3O4S2. The third kappa shape index (κ3) is 5.56. The first-order chi connectivity index (χ1) is 12.7. The van der Waals surface area contributed by atoms with Crippen molar-refractivity contribution in [2.24, 2.45) is 0 Å². The van der Waals surface area contributed by atoms with Crippen LogP contribution in [-0.4, -0.2) is 45.1 Å². The summed E-state index contributed by atoms with van der Waals surface area (Å²) in [6.45, 7) is 1.97. The molecule has 2 aromatic rings. The minimum atomic E-state index is -3.57. The molecule has 2 amide bonds. The molecule has 0 fully saturated rings. The number of amides is 2. The maximum Gasteiger partial charge on any atom is 0.286 e. The first-order valence-corrected chi connectivity index (χ1v) is 10.4. The van der Waals surface area contributed by atoms with Gasteiger partial charge in [0.25, 0.3) is 11.1 Å². The fourth-order valence-corrected chi connectivity index (χ4v) is 3.88.